The van der Waals surface area contributed by atoms with E-state index in [0.29, 0.717) is 0 Å². The molecule has 9 rings (SSSR count). The Morgan fingerprint density at radius 3 is 2.40 bits per heavy atom. The molecule has 0 saturated heterocycles. The van der Waals surface area contributed by atoms with Gasteiger partial charge in [-0.1, -0.05) is 36.4 Å². The smallest absolute Gasteiger partial charge is 0.146 e. The Morgan fingerprint density at radius 2 is 1.43 bits per heavy atom. The van der Waals surface area contributed by atoms with Crippen molar-refractivity contribution in [3.05, 3.63) is 108 Å². The van der Waals surface area contributed by atoms with Gasteiger partial charge in [-0.05, 0) is 75.2 Å². The summed E-state index contributed by atoms with van der Waals surface area (Å²) >= 11 is 0. The van der Waals surface area contributed by atoms with Crippen LogP contribution in [0.5, 0.6) is 0 Å². The van der Waals surface area contributed by atoms with Crippen LogP contribution in [0.1, 0.15) is 22.3 Å². The van der Waals surface area contributed by atoms with Crippen LogP contribution in [0.4, 0.5) is 0 Å². The summed E-state index contributed by atoms with van der Waals surface area (Å²) in [5.74, 6) is 0. The van der Waals surface area contributed by atoms with Crippen molar-refractivity contribution in [1.29, 1.82) is 0 Å². The van der Waals surface area contributed by atoms with Gasteiger partial charge in [0.1, 0.15) is 5.65 Å². The molecule has 2 aliphatic rings. The van der Waals surface area contributed by atoms with Crippen LogP contribution < -0.4 is 0 Å². The maximum atomic E-state index is 5.28. The van der Waals surface area contributed by atoms with E-state index < -0.39 is 0 Å². The van der Waals surface area contributed by atoms with E-state index in [4.69, 9.17) is 4.98 Å². The van der Waals surface area contributed by atoms with Crippen LogP contribution in [0.2, 0.25) is 0 Å². The highest BCUT2D eigenvalue weighted by Gasteiger charge is 2.27. The van der Waals surface area contributed by atoms with Gasteiger partial charge in [-0.2, -0.15) is 0 Å². The first-order chi connectivity index (χ1) is 17.3. The molecule has 2 aliphatic carbocycles. The SMILES string of the molecule is c1ccc2c(c1)Cc1cc3c(cc1-2)-c1ccc2c(nc4c5ccncc5c5cnccc5n24)c1C3. The Kier molecular flexibility index (Phi) is 3.11. The minimum Gasteiger partial charge on any atom is -0.292 e. The van der Waals surface area contributed by atoms with Crippen molar-refractivity contribution >= 4 is 38.4 Å². The van der Waals surface area contributed by atoms with E-state index in [0.717, 1.165) is 51.2 Å². The first-order valence-corrected chi connectivity index (χ1v) is 12.0. The highest BCUT2D eigenvalue weighted by Crippen LogP contribution is 2.46. The number of imidazole rings is 1. The lowest BCUT2D eigenvalue weighted by Gasteiger charge is -2.08. The van der Waals surface area contributed by atoms with Gasteiger partial charge < -0.3 is 0 Å². The van der Waals surface area contributed by atoms with Crippen LogP contribution >= 0.6 is 0 Å². The Labute approximate surface area is 200 Å². The van der Waals surface area contributed by atoms with Crippen molar-refractivity contribution in [1.82, 2.24) is 19.4 Å². The number of rotatable bonds is 0. The van der Waals surface area contributed by atoms with Gasteiger partial charge >= 0.3 is 0 Å². The Morgan fingerprint density at radius 1 is 0.600 bits per heavy atom. The predicted molar refractivity (Wildman–Crippen MR) is 140 cm³/mol. The molecule has 3 aromatic carbocycles. The lowest BCUT2D eigenvalue weighted by molar-refractivity contribution is 1.22. The molecule has 0 bridgehead atoms. The van der Waals surface area contributed by atoms with Crippen molar-refractivity contribution in [2.45, 2.75) is 12.8 Å². The third-order valence-corrected chi connectivity index (χ3v) is 8.00. The molecule has 0 amide bonds. The number of aromatic nitrogens is 4. The minimum absolute atomic E-state index is 0.925. The molecule has 0 spiro atoms. The van der Waals surface area contributed by atoms with Crippen molar-refractivity contribution < 1.29 is 0 Å². The highest BCUT2D eigenvalue weighted by molar-refractivity contribution is 6.13. The Balaban J connectivity index is 1.36. The maximum absolute atomic E-state index is 5.28. The second-order valence-electron chi connectivity index (χ2n) is 9.72. The third kappa shape index (κ3) is 2.15. The largest absolute Gasteiger partial charge is 0.292 e. The standard InChI is InChI=1S/C31H18N4/c1-2-4-20-17(3-1)11-18-12-19-13-25-21(24(19)14-23(18)20)5-6-29-30(25)34-31-22-7-9-32-15-26(22)27-16-33-10-8-28(27)35(29)31/h1-10,12,14-16H,11,13H2. The lowest BCUT2D eigenvalue weighted by Crippen LogP contribution is -1.92. The van der Waals surface area contributed by atoms with E-state index in [9.17, 15) is 0 Å². The topological polar surface area (TPSA) is 43.1 Å². The van der Waals surface area contributed by atoms with Crippen molar-refractivity contribution in [3.8, 4) is 22.3 Å². The summed E-state index contributed by atoms with van der Waals surface area (Å²) in [6, 6.07) is 22.4. The normalized spacial score (nSPS) is 13.5. The van der Waals surface area contributed by atoms with Gasteiger partial charge in [-0.3, -0.25) is 14.4 Å². The summed E-state index contributed by atoms with van der Waals surface area (Å²) < 4.78 is 2.30. The average molecular weight is 447 g/mol. The molecule has 0 unspecified atom stereocenters. The molecule has 7 aromatic rings. The van der Waals surface area contributed by atoms with Gasteiger partial charge in [0.05, 0.1) is 16.6 Å². The molecule has 4 nitrogen and oxygen atoms in total. The van der Waals surface area contributed by atoms with E-state index in [1.807, 2.05) is 24.8 Å². The van der Waals surface area contributed by atoms with Crippen LogP contribution in [0.3, 0.4) is 0 Å². The zero-order valence-corrected chi connectivity index (χ0v) is 18.8. The van der Waals surface area contributed by atoms with Crippen molar-refractivity contribution in [2.24, 2.45) is 0 Å². The summed E-state index contributed by atoms with van der Waals surface area (Å²) in [6.07, 6.45) is 9.53. The van der Waals surface area contributed by atoms with E-state index in [-0.39, 0.29) is 0 Å². The maximum Gasteiger partial charge on any atom is 0.146 e. The molecule has 4 heteroatoms. The monoisotopic (exact) mass is 446 g/mol. The first-order valence-electron chi connectivity index (χ1n) is 12.0. The molecule has 0 radical (unpaired) electrons. The zero-order chi connectivity index (χ0) is 22.7. The van der Waals surface area contributed by atoms with E-state index >= 15 is 0 Å². The third-order valence-electron chi connectivity index (χ3n) is 8.00. The van der Waals surface area contributed by atoms with Gasteiger partial charge in [-0.15, -0.1) is 0 Å². The summed E-state index contributed by atoms with van der Waals surface area (Å²) in [5.41, 5.74) is 15.4. The number of pyridine rings is 3. The lowest BCUT2D eigenvalue weighted by atomic mass is 9.98. The molecule has 4 aromatic heterocycles. The van der Waals surface area contributed by atoms with Crippen LogP contribution in [0.25, 0.3) is 60.6 Å². The fourth-order valence-corrected chi connectivity index (χ4v) is 6.47. The number of nitrogens with zero attached hydrogens (tertiary/aromatic N) is 4. The van der Waals surface area contributed by atoms with Crippen LogP contribution in [0, 0.1) is 0 Å². The molecule has 0 atom stereocenters. The predicted octanol–water partition coefficient (Wildman–Crippen LogP) is 6.73. The Hall–Kier alpha value is -4.57. The molecule has 162 valence electrons. The van der Waals surface area contributed by atoms with E-state index in [1.54, 1.807) is 0 Å². The van der Waals surface area contributed by atoms with Crippen LogP contribution in [-0.2, 0) is 12.8 Å². The molecular formula is C31H18N4. The van der Waals surface area contributed by atoms with Gasteiger partial charge in [0.25, 0.3) is 0 Å². The highest BCUT2D eigenvalue weighted by atomic mass is 15.0. The molecular weight excluding hydrogens is 428 g/mol. The second-order valence-corrected chi connectivity index (χ2v) is 9.72. The van der Waals surface area contributed by atoms with Crippen LogP contribution in [-0.4, -0.2) is 19.4 Å². The summed E-state index contributed by atoms with van der Waals surface area (Å²) in [4.78, 5) is 14.1. The van der Waals surface area contributed by atoms with Crippen molar-refractivity contribution in [2.75, 3.05) is 0 Å². The van der Waals surface area contributed by atoms with Gasteiger partial charge in [-0.25, -0.2) is 4.98 Å². The van der Waals surface area contributed by atoms with Crippen LogP contribution in [0.15, 0.2) is 85.5 Å². The minimum atomic E-state index is 0.925. The number of benzene rings is 3. The Bertz CT molecular complexity index is 2070. The summed E-state index contributed by atoms with van der Waals surface area (Å²) in [6.45, 7) is 0. The summed E-state index contributed by atoms with van der Waals surface area (Å²) in [5, 5.41) is 3.30. The molecule has 4 heterocycles. The number of hydrogen-bond acceptors (Lipinski definition) is 3. The number of fused-ring (bicyclic) bond motifs is 15. The average Bonchev–Trinajstić information content (AvgIpc) is 3.58. The molecule has 0 N–H and O–H groups in total. The van der Waals surface area contributed by atoms with E-state index in [1.165, 1.54) is 44.5 Å². The van der Waals surface area contributed by atoms with E-state index in [2.05, 4.69) is 75.0 Å². The molecule has 35 heavy (non-hydrogen) atoms. The molecule has 0 aliphatic heterocycles. The number of hydrogen-bond donors (Lipinski definition) is 0. The fourth-order valence-electron chi connectivity index (χ4n) is 6.47. The first kappa shape index (κ1) is 17.8. The van der Waals surface area contributed by atoms with Gasteiger partial charge in [0, 0.05) is 47.4 Å². The van der Waals surface area contributed by atoms with Gasteiger partial charge in [0.15, 0.2) is 0 Å². The molecule has 0 saturated carbocycles. The van der Waals surface area contributed by atoms with Gasteiger partial charge in [0.2, 0.25) is 0 Å². The summed E-state index contributed by atoms with van der Waals surface area (Å²) in [7, 11) is 0. The quantitative estimate of drug-likeness (QED) is 0.243. The van der Waals surface area contributed by atoms with Crippen molar-refractivity contribution in [3.63, 3.8) is 0 Å². The fraction of sp³-hybridized carbons (Fsp3) is 0.0645. The molecule has 0 fully saturated rings. The second kappa shape index (κ2) is 6.10. The zero-order valence-electron chi connectivity index (χ0n) is 18.8.